The molecule has 0 unspecified atom stereocenters. The van der Waals surface area contributed by atoms with Gasteiger partial charge in [-0.3, -0.25) is 0 Å². The number of rotatable bonds is 2. The van der Waals surface area contributed by atoms with Crippen LogP contribution < -0.4 is 10.6 Å². The number of aryl methyl sites for hydroxylation is 1. The topological polar surface area (TPSA) is 24.1 Å². The van der Waals surface area contributed by atoms with Gasteiger partial charge in [0.2, 0.25) is 0 Å². The van der Waals surface area contributed by atoms with Gasteiger partial charge in [-0.05, 0) is 79.7 Å². The van der Waals surface area contributed by atoms with Crippen LogP contribution in [0.5, 0.6) is 0 Å². The quantitative estimate of drug-likeness (QED) is 0.727. The third-order valence-corrected chi connectivity index (χ3v) is 4.77. The summed E-state index contributed by atoms with van der Waals surface area (Å²) >= 11 is 11.6. The van der Waals surface area contributed by atoms with Crippen molar-refractivity contribution in [2.75, 3.05) is 10.6 Å². The molecule has 0 radical (unpaired) electrons. The van der Waals surface area contributed by atoms with Crippen molar-refractivity contribution in [2.24, 2.45) is 0 Å². The summed E-state index contributed by atoms with van der Waals surface area (Å²) in [5, 5.41) is 7.93. The van der Waals surface area contributed by atoms with E-state index < -0.39 is 0 Å². The minimum Gasteiger partial charge on any atom is -0.332 e. The first-order valence-electron chi connectivity index (χ1n) is 7.59. The molecule has 3 rings (SSSR count). The minimum atomic E-state index is 0.601. The van der Waals surface area contributed by atoms with Gasteiger partial charge in [-0.25, -0.2) is 0 Å². The molecule has 22 heavy (non-hydrogen) atoms. The van der Waals surface area contributed by atoms with Crippen molar-refractivity contribution in [3.05, 3.63) is 58.1 Å². The predicted molar refractivity (Wildman–Crippen MR) is 99.1 cm³/mol. The van der Waals surface area contributed by atoms with Crippen LogP contribution in [-0.4, -0.2) is 5.11 Å². The Morgan fingerprint density at radius 1 is 1.00 bits per heavy atom. The number of hydrogen-bond acceptors (Lipinski definition) is 1. The summed E-state index contributed by atoms with van der Waals surface area (Å²) < 4.78 is 0. The van der Waals surface area contributed by atoms with Gasteiger partial charge < -0.3 is 10.6 Å². The highest BCUT2D eigenvalue weighted by atomic mass is 35.5. The predicted octanol–water partition coefficient (Wildman–Crippen LogP) is 5.34. The van der Waals surface area contributed by atoms with Gasteiger partial charge in [0.15, 0.2) is 5.11 Å². The van der Waals surface area contributed by atoms with Crippen LogP contribution in [0.2, 0.25) is 5.02 Å². The number of nitrogens with one attached hydrogen (secondary N) is 2. The molecule has 0 saturated carbocycles. The lowest BCUT2D eigenvalue weighted by molar-refractivity contribution is 0.687. The zero-order valence-corrected chi connectivity index (χ0v) is 14.2. The molecular weight excluding hydrogens is 312 g/mol. The molecule has 0 fully saturated rings. The summed E-state index contributed by atoms with van der Waals surface area (Å²) in [5.74, 6) is 0. The third kappa shape index (κ3) is 3.26. The minimum absolute atomic E-state index is 0.601. The van der Waals surface area contributed by atoms with E-state index in [4.69, 9.17) is 23.8 Å². The summed E-state index contributed by atoms with van der Waals surface area (Å²) in [4.78, 5) is 0. The van der Waals surface area contributed by atoms with Crippen LogP contribution in [0.1, 0.15) is 29.5 Å². The molecule has 2 aromatic carbocycles. The number of halogens is 1. The van der Waals surface area contributed by atoms with E-state index in [2.05, 4.69) is 28.8 Å². The number of fused-ring (bicyclic) bond motifs is 1. The Labute approximate surface area is 141 Å². The van der Waals surface area contributed by atoms with Crippen LogP contribution in [0.4, 0.5) is 11.4 Å². The second-order valence-electron chi connectivity index (χ2n) is 5.64. The second-order valence-corrected chi connectivity index (χ2v) is 6.46. The van der Waals surface area contributed by atoms with Crippen molar-refractivity contribution in [3.8, 4) is 0 Å². The molecule has 4 heteroatoms. The number of thiocarbonyl (C=S) groups is 1. The maximum atomic E-state index is 6.15. The number of anilines is 2. The van der Waals surface area contributed by atoms with Crippen LogP contribution in [0.25, 0.3) is 0 Å². The van der Waals surface area contributed by atoms with E-state index in [1.54, 1.807) is 0 Å². The molecule has 0 atom stereocenters. The van der Waals surface area contributed by atoms with Crippen LogP contribution in [-0.2, 0) is 12.8 Å². The normalized spacial score (nSPS) is 13.4. The van der Waals surface area contributed by atoms with E-state index >= 15 is 0 Å². The monoisotopic (exact) mass is 330 g/mol. The van der Waals surface area contributed by atoms with E-state index in [1.807, 2.05) is 25.1 Å². The average molecular weight is 331 g/mol. The van der Waals surface area contributed by atoms with Crippen LogP contribution >= 0.6 is 23.8 Å². The van der Waals surface area contributed by atoms with Crippen molar-refractivity contribution in [2.45, 2.75) is 32.6 Å². The van der Waals surface area contributed by atoms with Crippen molar-refractivity contribution in [1.82, 2.24) is 0 Å². The largest absolute Gasteiger partial charge is 0.332 e. The maximum absolute atomic E-state index is 6.15. The van der Waals surface area contributed by atoms with E-state index in [9.17, 15) is 0 Å². The van der Waals surface area contributed by atoms with Crippen LogP contribution in [0, 0.1) is 6.92 Å². The number of hydrogen-bond donors (Lipinski definition) is 2. The summed E-state index contributed by atoms with van der Waals surface area (Å²) in [6.07, 6.45) is 4.82. The number of benzene rings is 2. The lowest BCUT2D eigenvalue weighted by atomic mass is 9.90. The van der Waals surface area contributed by atoms with Gasteiger partial charge in [0.05, 0.1) is 0 Å². The molecule has 2 aromatic rings. The molecule has 0 aromatic heterocycles. The van der Waals surface area contributed by atoms with Crippen molar-refractivity contribution < 1.29 is 0 Å². The fraction of sp³-hybridized carbons (Fsp3) is 0.278. The second kappa shape index (κ2) is 6.67. The molecule has 114 valence electrons. The molecule has 0 saturated heterocycles. The molecule has 1 aliphatic carbocycles. The zero-order chi connectivity index (χ0) is 15.5. The lowest BCUT2D eigenvalue weighted by Gasteiger charge is -2.21. The summed E-state index contributed by atoms with van der Waals surface area (Å²) in [6.45, 7) is 1.98. The Bertz CT molecular complexity index is 712. The molecule has 0 spiro atoms. The fourth-order valence-electron chi connectivity index (χ4n) is 2.92. The Balaban J connectivity index is 1.76. The highest BCUT2D eigenvalue weighted by Crippen LogP contribution is 2.28. The van der Waals surface area contributed by atoms with Gasteiger partial charge in [-0.2, -0.15) is 0 Å². The van der Waals surface area contributed by atoms with E-state index in [0.29, 0.717) is 5.11 Å². The molecule has 1 aliphatic rings. The average Bonchev–Trinajstić information content (AvgIpc) is 2.52. The first-order chi connectivity index (χ1) is 10.6. The van der Waals surface area contributed by atoms with Gasteiger partial charge in [0, 0.05) is 16.4 Å². The maximum Gasteiger partial charge on any atom is 0.175 e. The molecule has 0 aliphatic heterocycles. The Hall–Kier alpha value is -1.58. The summed E-state index contributed by atoms with van der Waals surface area (Å²) in [6, 6.07) is 12.2. The first kappa shape index (κ1) is 15.3. The van der Waals surface area contributed by atoms with E-state index in [-0.39, 0.29) is 0 Å². The molecule has 0 amide bonds. The highest BCUT2D eigenvalue weighted by molar-refractivity contribution is 7.80. The Kier molecular flexibility index (Phi) is 4.65. The fourth-order valence-corrected chi connectivity index (χ4v) is 3.31. The van der Waals surface area contributed by atoms with E-state index in [0.717, 1.165) is 28.4 Å². The summed E-state index contributed by atoms with van der Waals surface area (Å²) in [7, 11) is 0. The Morgan fingerprint density at radius 3 is 2.55 bits per heavy atom. The molecule has 2 nitrogen and oxygen atoms in total. The van der Waals surface area contributed by atoms with Crippen molar-refractivity contribution in [3.63, 3.8) is 0 Å². The molecule has 0 heterocycles. The Morgan fingerprint density at radius 2 is 1.68 bits per heavy atom. The zero-order valence-electron chi connectivity index (χ0n) is 12.6. The highest BCUT2D eigenvalue weighted by Gasteiger charge is 2.13. The molecular formula is C18H19ClN2S. The van der Waals surface area contributed by atoms with Crippen LogP contribution in [0.3, 0.4) is 0 Å². The smallest absolute Gasteiger partial charge is 0.175 e. The standard InChI is InChI=1S/C18H19ClN2S/c1-12-15(19)9-5-10-16(12)20-18(22)21-17-11-4-7-13-6-2-3-8-14(13)17/h4-5,7,9-11H,2-3,6,8H2,1H3,(H2,20,21,22). The van der Waals surface area contributed by atoms with Crippen molar-refractivity contribution >= 4 is 40.3 Å². The van der Waals surface area contributed by atoms with Gasteiger partial charge >= 0.3 is 0 Å². The molecule has 0 bridgehead atoms. The van der Waals surface area contributed by atoms with E-state index in [1.165, 1.54) is 30.4 Å². The lowest BCUT2D eigenvalue weighted by Crippen LogP contribution is -2.21. The van der Waals surface area contributed by atoms with Crippen LogP contribution in [0.15, 0.2) is 36.4 Å². The van der Waals surface area contributed by atoms with Gasteiger partial charge in [-0.1, -0.05) is 29.8 Å². The summed E-state index contributed by atoms with van der Waals surface area (Å²) in [5.41, 5.74) is 5.91. The third-order valence-electron chi connectivity index (χ3n) is 4.16. The van der Waals surface area contributed by atoms with Gasteiger partial charge in [0.25, 0.3) is 0 Å². The van der Waals surface area contributed by atoms with Gasteiger partial charge in [0.1, 0.15) is 0 Å². The van der Waals surface area contributed by atoms with Gasteiger partial charge in [-0.15, -0.1) is 0 Å². The van der Waals surface area contributed by atoms with Crippen molar-refractivity contribution in [1.29, 1.82) is 0 Å². The first-order valence-corrected chi connectivity index (χ1v) is 8.37. The SMILES string of the molecule is Cc1c(Cl)cccc1NC(=S)Nc1cccc2c1CCCC2. The molecule has 2 N–H and O–H groups in total.